The Hall–Kier alpha value is -3.25. The third kappa shape index (κ3) is 3.26. The van der Waals surface area contributed by atoms with Gasteiger partial charge in [-0.25, -0.2) is 9.78 Å². The van der Waals surface area contributed by atoms with Crippen LogP contribution in [0.1, 0.15) is 42.6 Å². The second-order valence-corrected chi connectivity index (χ2v) is 9.08. The lowest BCUT2D eigenvalue weighted by atomic mass is 9.89. The van der Waals surface area contributed by atoms with Gasteiger partial charge in [-0.3, -0.25) is 9.88 Å². The maximum atomic E-state index is 12.9. The van der Waals surface area contributed by atoms with Gasteiger partial charge in [0.15, 0.2) is 11.4 Å². The van der Waals surface area contributed by atoms with Crippen molar-refractivity contribution in [2.24, 2.45) is 0 Å². The molecular weight excluding hydrogens is 400 g/mol. The van der Waals surface area contributed by atoms with E-state index in [1.54, 1.807) is 0 Å². The lowest BCUT2D eigenvalue weighted by Crippen LogP contribution is -2.42. The fourth-order valence-corrected chi connectivity index (χ4v) is 4.96. The number of hydrogen-bond donors (Lipinski definition) is 0. The first-order chi connectivity index (χ1) is 15.5. The molecule has 1 aromatic carbocycles. The van der Waals surface area contributed by atoms with E-state index in [9.17, 15) is 4.79 Å². The number of nitrogens with zero attached hydrogens (tertiary/aromatic N) is 4. The molecule has 1 fully saturated rings. The topological polar surface area (TPSA) is 63.6 Å². The van der Waals surface area contributed by atoms with Crippen molar-refractivity contribution in [3.63, 3.8) is 0 Å². The summed E-state index contributed by atoms with van der Waals surface area (Å²) in [5, 5.41) is 1.49. The molecule has 0 amide bonds. The Labute approximate surface area is 186 Å². The van der Waals surface area contributed by atoms with Crippen molar-refractivity contribution in [1.29, 1.82) is 0 Å². The maximum absolute atomic E-state index is 12.9. The number of fused-ring (bicyclic) bond motifs is 2. The Bertz CT molecular complexity index is 1440. The molecule has 0 spiro atoms. The van der Waals surface area contributed by atoms with Crippen molar-refractivity contribution in [2.45, 2.75) is 45.6 Å². The summed E-state index contributed by atoms with van der Waals surface area (Å²) >= 11 is 0. The van der Waals surface area contributed by atoms with E-state index in [0.29, 0.717) is 16.8 Å². The number of rotatable bonds is 3. The molecule has 1 aliphatic carbocycles. The average molecular weight is 427 g/mol. The van der Waals surface area contributed by atoms with Gasteiger partial charge in [-0.05, 0) is 61.8 Å². The van der Waals surface area contributed by atoms with Crippen LogP contribution in [0.5, 0.6) is 0 Å². The van der Waals surface area contributed by atoms with Crippen molar-refractivity contribution in [2.75, 3.05) is 13.1 Å². The normalized spacial score (nSPS) is 17.6. The SMILES string of the molecule is Cc1cn2cc(-c3cc4ccc(C5=CCN(C6CCC6)CC5)cc4c(=O)o3)nc2c(C)n1. The Morgan fingerprint density at radius 2 is 1.97 bits per heavy atom. The van der Waals surface area contributed by atoms with Gasteiger partial charge >= 0.3 is 5.63 Å². The van der Waals surface area contributed by atoms with Crippen molar-refractivity contribution < 1.29 is 4.42 Å². The number of hydrogen-bond acceptors (Lipinski definition) is 5. The minimum atomic E-state index is -0.324. The van der Waals surface area contributed by atoms with Crippen LogP contribution in [0.15, 0.2) is 51.9 Å². The first-order valence-electron chi connectivity index (χ1n) is 11.4. The van der Waals surface area contributed by atoms with Crippen LogP contribution in [-0.2, 0) is 0 Å². The van der Waals surface area contributed by atoms with Crippen molar-refractivity contribution in [1.82, 2.24) is 19.3 Å². The number of aromatic nitrogens is 3. The first kappa shape index (κ1) is 19.4. The van der Waals surface area contributed by atoms with Gasteiger partial charge in [0, 0.05) is 31.5 Å². The van der Waals surface area contributed by atoms with Gasteiger partial charge in [-0.15, -0.1) is 0 Å². The summed E-state index contributed by atoms with van der Waals surface area (Å²) in [4.78, 5) is 24.6. The quantitative estimate of drug-likeness (QED) is 0.473. The molecule has 0 N–H and O–H groups in total. The second kappa shape index (κ2) is 7.41. The van der Waals surface area contributed by atoms with E-state index in [4.69, 9.17) is 4.42 Å². The molecule has 0 bridgehead atoms. The number of benzene rings is 1. The molecule has 3 aromatic heterocycles. The summed E-state index contributed by atoms with van der Waals surface area (Å²) in [6.07, 6.45) is 11.2. The van der Waals surface area contributed by atoms with Crippen LogP contribution in [0.25, 0.3) is 33.4 Å². The van der Waals surface area contributed by atoms with Crippen LogP contribution in [-0.4, -0.2) is 38.4 Å². The fraction of sp³-hybridized carbons (Fsp3) is 0.346. The highest BCUT2D eigenvalue weighted by Crippen LogP contribution is 2.31. The van der Waals surface area contributed by atoms with Gasteiger partial charge in [0.25, 0.3) is 0 Å². The highest BCUT2D eigenvalue weighted by molar-refractivity contribution is 5.87. The van der Waals surface area contributed by atoms with Crippen molar-refractivity contribution in [3.8, 4) is 11.5 Å². The van der Waals surface area contributed by atoms with Crippen molar-refractivity contribution >= 4 is 22.0 Å². The highest BCUT2D eigenvalue weighted by atomic mass is 16.4. The molecule has 4 aromatic rings. The summed E-state index contributed by atoms with van der Waals surface area (Å²) in [5.74, 6) is 0.476. The maximum Gasteiger partial charge on any atom is 0.344 e. The summed E-state index contributed by atoms with van der Waals surface area (Å²) in [6, 6.07) is 8.81. The summed E-state index contributed by atoms with van der Waals surface area (Å²) < 4.78 is 7.64. The van der Waals surface area contributed by atoms with E-state index in [2.05, 4.69) is 27.0 Å². The molecule has 0 atom stereocenters. The Balaban J connectivity index is 1.34. The third-order valence-electron chi connectivity index (χ3n) is 6.94. The molecule has 6 rings (SSSR count). The molecule has 4 heterocycles. The molecule has 1 aliphatic heterocycles. The van der Waals surface area contributed by atoms with Gasteiger partial charge in [-0.1, -0.05) is 24.6 Å². The zero-order chi connectivity index (χ0) is 21.8. The van der Waals surface area contributed by atoms with Crippen molar-refractivity contribution in [3.05, 3.63) is 70.1 Å². The van der Waals surface area contributed by atoms with Crippen LogP contribution < -0.4 is 5.63 Å². The standard InChI is InChI=1S/C26H26N4O2/c1-16-14-30-15-23(28-25(30)17(2)27-16)24-13-20-7-6-19(12-22(20)26(31)32-24)18-8-10-29(11-9-18)21-4-3-5-21/h6-8,12-15,21H,3-5,9-11H2,1-2H3. The Morgan fingerprint density at radius 3 is 2.72 bits per heavy atom. The zero-order valence-electron chi connectivity index (χ0n) is 18.5. The minimum Gasteiger partial charge on any atom is -0.421 e. The molecule has 0 saturated heterocycles. The van der Waals surface area contributed by atoms with Crippen LogP contribution in [0.3, 0.4) is 0 Å². The molecule has 0 unspecified atom stereocenters. The van der Waals surface area contributed by atoms with Gasteiger partial charge in [0.1, 0.15) is 5.69 Å². The molecule has 162 valence electrons. The van der Waals surface area contributed by atoms with Crippen LogP contribution in [0.4, 0.5) is 0 Å². The molecule has 2 aliphatic rings. The van der Waals surface area contributed by atoms with Gasteiger partial charge in [-0.2, -0.15) is 0 Å². The minimum absolute atomic E-state index is 0.324. The van der Waals surface area contributed by atoms with E-state index in [-0.39, 0.29) is 5.63 Å². The van der Waals surface area contributed by atoms with E-state index in [0.717, 1.165) is 53.5 Å². The largest absolute Gasteiger partial charge is 0.421 e. The smallest absolute Gasteiger partial charge is 0.344 e. The van der Waals surface area contributed by atoms with E-state index in [1.165, 1.54) is 24.8 Å². The molecule has 6 nitrogen and oxygen atoms in total. The Kier molecular flexibility index (Phi) is 4.50. The fourth-order valence-electron chi connectivity index (χ4n) is 4.96. The summed E-state index contributed by atoms with van der Waals surface area (Å²) in [5.41, 5.74) is 5.29. The second-order valence-electron chi connectivity index (χ2n) is 9.08. The lowest BCUT2D eigenvalue weighted by Gasteiger charge is -2.39. The molecular formula is C26H26N4O2. The zero-order valence-corrected chi connectivity index (χ0v) is 18.5. The average Bonchev–Trinajstić information content (AvgIpc) is 3.17. The lowest BCUT2D eigenvalue weighted by molar-refractivity contribution is 0.141. The highest BCUT2D eigenvalue weighted by Gasteiger charge is 2.26. The van der Waals surface area contributed by atoms with Gasteiger partial charge in [0.05, 0.1) is 16.8 Å². The first-order valence-corrected chi connectivity index (χ1v) is 11.4. The molecule has 0 radical (unpaired) electrons. The Morgan fingerprint density at radius 1 is 1.09 bits per heavy atom. The predicted octanol–water partition coefficient (Wildman–Crippen LogP) is 4.76. The predicted molar refractivity (Wildman–Crippen MR) is 126 cm³/mol. The summed E-state index contributed by atoms with van der Waals surface area (Å²) in [7, 11) is 0. The third-order valence-corrected chi connectivity index (χ3v) is 6.94. The molecule has 1 saturated carbocycles. The monoisotopic (exact) mass is 426 g/mol. The summed E-state index contributed by atoms with van der Waals surface area (Å²) in [6.45, 7) is 5.99. The van der Waals surface area contributed by atoms with E-state index < -0.39 is 0 Å². The molecule has 32 heavy (non-hydrogen) atoms. The van der Waals surface area contributed by atoms with Crippen LogP contribution in [0, 0.1) is 13.8 Å². The van der Waals surface area contributed by atoms with E-state index >= 15 is 0 Å². The van der Waals surface area contributed by atoms with E-state index in [1.807, 2.05) is 48.8 Å². The molecule has 6 heteroatoms. The van der Waals surface area contributed by atoms with Gasteiger partial charge in [0.2, 0.25) is 0 Å². The van der Waals surface area contributed by atoms with Crippen LogP contribution >= 0.6 is 0 Å². The number of aryl methyl sites for hydroxylation is 2. The number of imidazole rings is 1. The van der Waals surface area contributed by atoms with Gasteiger partial charge < -0.3 is 8.82 Å². The van der Waals surface area contributed by atoms with Crippen LogP contribution in [0.2, 0.25) is 0 Å².